The van der Waals surface area contributed by atoms with E-state index in [-0.39, 0.29) is 17.6 Å². The zero-order chi connectivity index (χ0) is 18.4. The first-order valence-electron chi connectivity index (χ1n) is 8.33. The molecule has 6 heteroatoms. The van der Waals surface area contributed by atoms with E-state index in [1.54, 1.807) is 6.21 Å². The summed E-state index contributed by atoms with van der Waals surface area (Å²) in [6.45, 7) is 3.94. The van der Waals surface area contributed by atoms with Crippen LogP contribution in [0.3, 0.4) is 0 Å². The number of aromatic amines is 1. The molecule has 6 nitrogen and oxygen atoms in total. The molecule has 0 unspecified atom stereocenters. The van der Waals surface area contributed by atoms with Gasteiger partial charge in [0.15, 0.2) is 0 Å². The van der Waals surface area contributed by atoms with Gasteiger partial charge in [-0.2, -0.15) is 5.10 Å². The molecule has 0 bridgehead atoms. The molecule has 1 heterocycles. The van der Waals surface area contributed by atoms with E-state index in [0.29, 0.717) is 5.69 Å². The number of anilines is 1. The number of hydrogen-bond donors (Lipinski definition) is 2. The van der Waals surface area contributed by atoms with Crippen molar-refractivity contribution in [1.29, 1.82) is 0 Å². The Hall–Kier alpha value is -3.41. The number of benzene rings is 2. The van der Waals surface area contributed by atoms with Crippen LogP contribution in [-0.4, -0.2) is 22.3 Å². The molecule has 0 atom stereocenters. The van der Waals surface area contributed by atoms with Gasteiger partial charge in [0.25, 0.3) is 5.56 Å². The van der Waals surface area contributed by atoms with E-state index < -0.39 is 0 Å². The molecule has 0 saturated carbocycles. The molecule has 0 fully saturated rings. The molecule has 26 heavy (non-hydrogen) atoms. The lowest BCUT2D eigenvalue weighted by Gasteiger charge is -2.11. The normalized spacial score (nSPS) is 11.0. The van der Waals surface area contributed by atoms with Crippen LogP contribution in [0.4, 0.5) is 5.95 Å². The van der Waals surface area contributed by atoms with Crippen LogP contribution in [0.2, 0.25) is 0 Å². The summed E-state index contributed by atoms with van der Waals surface area (Å²) in [5.41, 5.74) is 4.79. The molecule has 0 aliphatic heterocycles. The third kappa shape index (κ3) is 4.57. The zero-order valence-corrected chi connectivity index (χ0v) is 14.6. The molecule has 3 rings (SSSR count). The van der Waals surface area contributed by atoms with Gasteiger partial charge in [-0.3, -0.25) is 9.78 Å². The van der Waals surface area contributed by atoms with E-state index >= 15 is 0 Å². The number of nitrogens with one attached hydrogen (secondary N) is 2. The average Bonchev–Trinajstić information content (AvgIpc) is 2.63. The number of ether oxygens (including phenoxy) is 1. The summed E-state index contributed by atoms with van der Waals surface area (Å²) >= 11 is 0. The molecule has 0 spiro atoms. The number of hydrogen-bond acceptors (Lipinski definition) is 5. The maximum atomic E-state index is 11.9. The van der Waals surface area contributed by atoms with Crippen molar-refractivity contribution in [2.75, 3.05) is 5.43 Å². The fourth-order valence-electron chi connectivity index (χ4n) is 2.38. The fraction of sp³-hybridized carbons (Fsp3) is 0.150. The standard InChI is InChI=1S/C20H20N4O2/c1-14(2)26-18-11-7-6-10-16(18)13-21-24-20-22-17(12-19(25)23-20)15-8-4-3-5-9-15/h3-14H,1-2H3,(H2,22,23,24,25)/b21-13+. The smallest absolute Gasteiger partial charge is 0.252 e. The van der Waals surface area contributed by atoms with Gasteiger partial charge in [0.2, 0.25) is 5.95 Å². The Morgan fingerprint density at radius 2 is 1.85 bits per heavy atom. The maximum absolute atomic E-state index is 11.9. The lowest BCUT2D eigenvalue weighted by atomic mass is 10.1. The van der Waals surface area contributed by atoms with E-state index in [4.69, 9.17) is 4.74 Å². The van der Waals surface area contributed by atoms with E-state index in [0.717, 1.165) is 16.9 Å². The second kappa shape index (κ2) is 8.11. The van der Waals surface area contributed by atoms with Gasteiger partial charge in [-0.1, -0.05) is 42.5 Å². The number of para-hydroxylation sites is 1. The predicted molar refractivity (Wildman–Crippen MR) is 104 cm³/mol. The molecule has 132 valence electrons. The van der Waals surface area contributed by atoms with E-state index in [9.17, 15) is 4.79 Å². The van der Waals surface area contributed by atoms with Crippen molar-refractivity contribution in [1.82, 2.24) is 9.97 Å². The van der Waals surface area contributed by atoms with Crippen LogP contribution < -0.4 is 15.7 Å². The minimum Gasteiger partial charge on any atom is -0.490 e. The van der Waals surface area contributed by atoms with Crippen molar-refractivity contribution >= 4 is 12.2 Å². The molecule has 1 aromatic heterocycles. The molecule has 0 aliphatic carbocycles. The number of aromatic nitrogens is 2. The Bertz CT molecular complexity index is 949. The van der Waals surface area contributed by atoms with E-state index in [1.165, 1.54) is 6.07 Å². The summed E-state index contributed by atoms with van der Waals surface area (Å²) < 4.78 is 5.75. The zero-order valence-electron chi connectivity index (χ0n) is 14.6. The van der Waals surface area contributed by atoms with Gasteiger partial charge >= 0.3 is 0 Å². The highest BCUT2D eigenvalue weighted by Gasteiger charge is 2.04. The number of H-pyrrole nitrogens is 1. The second-order valence-electron chi connectivity index (χ2n) is 5.92. The highest BCUT2D eigenvalue weighted by Crippen LogP contribution is 2.18. The first-order chi connectivity index (χ1) is 12.6. The highest BCUT2D eigenvalue weighted by molar-refractivity contribution is 5.83. The number of hydrazone groups is 1. The quantitative estimate of drug-likeness (QED) is 0.526. The van der Waals surface area contributed by atoms with Crippen molar-refractivity contribution in [2.24, 2.45) is 5.10 Å². The van der Waals surface area contributed by atoms with Crippen LogP contribution in [0.15, 0.2) is 70.6 Å². The SMILES string of the molecule is CC(C)Oc1ccccc1/C=N/Nc1nc(-c2ccccc2)cc(=O)[nH]1. The minimum absolute atomic E-state index is 0.0677. The largest absolute Gasteiger partial charge is 0.490 e. The monoisotopic (exact) mass is 348 g/mol. The Labute approximate surface area is 151 Å². The van der Waals surface area contributed by atoms with Crippen molar-refractivity contribution in [2.45, 2.75) is 20.0 Å². The van der Waals surface area contributed by atoms with Gasteiger partial charge in [-0.25, -0.2) is 10.4 Å². The molecule has 0 saturated heterocycles. The Kier molecular flexibility index (Phi) is 5.43. The molecule has 0 amide bonds. The van der Waals surface area contributed by atoms with Gasteiger partial charge in [-0.15, -0.1) is 0 Å². The Morgan fingerprint density at radius 1 is 1.12 bits per heavy atom. The first-order valence-corrected chi connectivity index (χ1v) is 8.33. The third-order valence-corrected chi connectivity index (χ3v) is 3.47. The summed E-state index contributed by atoms with van der Waals surface area (Å²) in [5, 5.41) is 4.17. The summed E-state index contributed by atoms with van der Waals surface area (Å²) in [6, 6.07) is 18.6. The molecule has 0 radical (unpaired) electrons. The topological polar surface area (TPSA) is 79.4 Å². The van der Waals surface area contributed by atoms with E-state index in [1.807, 2.05) is 68.4 Å². The Morgan fingerprint density at radius 3 is 2.62 bits per heavy atom. The van der Waals surface area contributed by atoms with Crippen molar-refractivity contribution in [3.05, 3.63) is 76.6 Å². The molecular formula is C20H20N4O2. The highest BCUT2D eigenvalue weighted by atomic mass is 16.5. The summed E-state index contributed by atoms with van der Waals surface area (Å²) in [7, 11) is 0. The lowest BCUT2D eigenvalue weighted by Crippen LogP contribution is -2.10. The summed E-state index contributed by atoms with van der Waals surface area (Å²) in [6.07, 6.45) is 1.70. The van der Waals surface area contributed by atoms with Crippen LogP contribution in [0.1, 0.15) is 19.4 Å². The molecule has 2 aromatic carbocycles. The number of rotatable bonds is 6. The molecule has 2 N–H and O–H groups in total. The molecular weight excluding hydrogens is 328 g/mol. The van der Waals surface area contributed by atoms with Gasteiger partial charge < -0.3 is 4.74 Å². The van der Waals surface area contributed by atoms with Gasteiger partial charge in [-0.05, 0) is 26.0 Å². The minimum atomic E-state index is -0.250. The second-order valence-corrected chi connectivity index (χ2v) is 5.92. The molecule has 3 aromatic rings. The molecule has 0 aliphatic rings. The van der Waals surface area contributed by atoms with Crippen LogP contribution in [0, 0.1) is 0 Å². The summed E-state index contributed by atoms with van der Waals surface area (Å²) in [5.74, 6) is 1.02. The van der Waals surface area contributed by atoms with Crippen molar-refractivity contribution in [3.63, 3.8) is 0 Å². The summed E-state index contributed by atoms with van der Waals surface area (Å²) in [4.78, 5) is 18.9. The van der Waals surface area contributed by atoms with Gasteiger partial charge in [0.1, 0.15) is 5.75 Å². The van der Waals surface area contributed by atoms with Gasteiger partial charge in [0.05, 0.1) is 18.0 Å². The van der Waals surface area contributed by atoms with Crippen LogP contribution in [0.5, 0.6) is 5.75 Å². The van der Waals surface area contributed by atoms with Gasteiger partial charge in [0, 0.05) is 17.2 Å². The van der Waals surface area contributed by atoms with Crippen LogP contribution >= 0.6 is 0 Å². The number of nitrogens with zero attached hydrogens (tertiary/aromatic N) is 2. The maximum Gasteiger partial charge on any atom is 0.252 e. The predicted octanol–water partition coefficient (Wildman–Crippen LogP) is 3.67. The van der Waals surface area contributed by atoms with E-state index in [2.05, 4.69) is 20.5 Å². The van der Waals surface area contributed by atoms with Crippen LogP contribution in [0.25, 0.3) is 11.3 Å². The fourth-order valence-corrected chi connectivity index (χ4v) is 2.38. The van der Waals surface area contributed by atoms with Crippen molar-refractivity contribution < 1.29 is 4.74 Å². The Balaban J connectivity index is 1.79. The first kappa shape index (κ1) is 17.4. The van der Waals surface area contributed by atoms with Crippen molar-refractivity contribution in [3.8, 4) is 17.0 Å². The lowest BCUT2D eigenvalue weighted by molar-refractivity contribution is 0.242. The van der Waals surface area contributed by atoms with Crippen LogP contribution in [-0.2, 0) is 0 Å². The average molecular weight is 348 g/mol. The third-order valence-electron chi connectivity index (χ3n) is 3.47.